The molecule has 0 saturated carbocycles. The van der Waals surface area contributed by atoms with Crippen molar-refractivity contribution in [2.75, 3.05) is 0 Å². The Kier molecular flexibility index (Phi) is 3.15. The van der Waals surface area contributed by atoms with Crippen LogP contribution in [0.5, 0.6) is 5.75 Å². The lowest BCUT2D eigenvalue weighted by molar-refractivity contribution is 0.111. The maximum Gasteiger partial charge on any atom is 0.153 e. The number of furan rings is 2. The first-order chi connectivity index (χ1) is 11.2. The van der Waals surface area contributed by atoms with Gasteiger partial charge in [-0.3, -0.25) is 4.79 Å². The Balaban J connectivity index is 1.65. The van der Waals surface area contributed by atoms with E-state index < -0.39 is 0 Å². The van der Waals surface area contributed by atoms with Gasteiger partial charge in [0, 0.05) is 16.8 Å². The van der Waals surface area contributed by atoms with Crippen LogP contribution in [-0.2, 0) is 6.61 Å². The molecule has 0 aliphatic carbocycles. The Morgan fingerprint density at radius 1 is 1.04 bits per heavy atom. The summed E-state index contributed by atoms with van der Waals surface area (Å²) in [6.07, 6.45) is 4.07. The van der Waals surface area contributed by atoms with E-state index in [1.807, 2.05) is 31.2 Å². The number of rotatable bonds is 4. The van der Waals surface area contributed by atoms with Crippen LogP contribution in [-0.4, -0.2) is 6.29 Å². The van der Waals surface area contributed by atoms with E-state index in [2.05, 4.69) is 0 Å². The number of aldehydes is 1. The third kappa shape index (κ3) is 2.38. The highest BCUT2D eigenvalue weighted by molar-refractivity contribution is 5.89. The first-order valence-electron chi connectivity index (χ1n) is 7.30. The Labute approximate surface area is 132 Å². The lowest BCUT2D eigenvalue weighted by atomic mass is 10.1. The van der Waals surface area contributed by atoms with E-state index in [-0.39, 0.29) is 0 Å². The van der Waals surface area contributed by atoms with Crippen LogP contribution in [0.4, 0.5) is 0 Å². The van der Waals surface area contributed by atoms with Crippen molar-refractivity contribution in [1.29, 1.82) is 0 Å². The molecule has 0 radical (unpaired) electrons. The molecule has 0 N–H and O–H groups in total. The minimum atomic E-state index is 0.370. The summed E-state index contributed by atoms with van der Waals surface area (Å²) in [5.74, 6) is 0.521. The third-order valence-electron chi connectivity index (χ3n) is 3.90. The van der Waals surface area contributed by atoms with Gasteiger partial charge in [-0.1, -0.05) is 0 Å². The lowest BCUT2D eigenvalue weighted by Gasteiger charge is -2.09. The van der Waals surface area contributed by atoms with Crippen LogP contribution >= 0.6 is 0 Å². The summed E-state index contributed by atoms with van der Waals surface area (Å²) in [4.78, 5) is 11.3. The summed E-state index contributed by atoms with van der Waals surface area (Å²) in [6, 6.07) is 11.3. The molecule has 2 heterocycles. The van der Waals surface area contributed by atoms with Crippen LogP contribution < -0.4 is 4.74 Å². The molecule has 4 aromatic rings. The molecule has 0 atom stereocenters. The molecule has 0 aliphatic heterocycles. The molecule has 0 saturated heterocycles. The molecule has 4 nitrogen and oxygen atoms in total. The quantitative estimate of drug-likeness (QED) is 0.504. The molecule has 23 heavy (non-hydrogen) atoms. The molecule has 2 aromatic carbocycles. The normalized spacial score (nSPS) is 11.2. The fourth-order valence-electron chi connectivity index (χ4n) is 2.81. The standard InChI is InChI=1S/C19H14O4/c1-12-6-13(7-15-3-5-22-19(12)15)11-23-18-9-17-14(2-4-21-17)8-16(18)10-20/h2-10H,11H2,1H3. The maximum absolute atomic E-state index is 11.3. The highest BCUT2D eigenvalue weighted by Gasteiger charge is 2.09. The molecule has 4 heteroatoms. The number of hydrogen-bond donors (Lipinski definition) is 0. The van der Waals surface area contributed by atoms with Crippen LogP contribution in [0.2, 0.25) is 0 Å². The van der Waals surface area contributed by atoms with Crippen LogP contribution in [0, 0.1) is 6.92 Å². The molecule has 0 bridgehead atoms. The average molecular weight is 306 g/mol. The Morgan fingerprint density at radius 3 is 2.74 bits per heavy atom. The molecule has 0 unspecified atom stereocenters. The average Bonchev–Trinajstić information content (AvgIpc) is 3.20. The van der Waals surface area contributed by atoms with Crippen molar-refractivity contribution in [2.24, 2.45) is 0 Å². The van der Waals surface area contributed by atoms with Gasteiger partial charge < -0.3 is 13.6 Å². The predicted octanol–water partition coefficient (Wildman–Crippen LogP) is 4.88. The van der Waals surface area contributed by atoms with Crippen LogP contribution in [0.3, 0.4) is 0 Å². The van der Waals surface area contributed by atoms with Crippen molar-refractivity contribution in [3.63, 3.8) is 0 Å². The van der Waals surface area contributed by atoms with Crippen LogP contribution in [0.25, 0.3) is 21.9 Å². The van der Waals surface area contributed by atoms with Crippen molar-refractivity contribution in [3.8, 4) is 5.75 Å². The van der Waals surface area contributed by atoms with Gasteiger partial charge in [-0.05, 0) is 48.4 Å². The molecule has 2 aromatic heterocycles. The SMILES string of the molecule is Cc1cc(COc2cc3occc3cc2C=O)cc2ccoc12. The third-order valence-corrected chi connectivity index (χ3v) is 3.90. The Bertz CT molecular complexity index is 1010. The Hall–Kier alpha value is -3.01. The summed E-state index contributed by atoms with van der Waals surface area (Å²) in [6.45, 7) is 2.37. The van der Waals surface area contributed by atoms with E-state index >= 15 is 0 Å². The molecular formula is C19H14O4. The van der Waals surface area contributed by atoms with Crippen LogP contribution in [0.15, 0.2) is 57.8 Å². The number of carbonyl (C=O) groups excluding carboxylic acids is 1. The minimum Gasteiger partial charge on any atom is -0.488 e. The van der Waals surface area contributed by atoms with Gasteiger partial charge in [-0.15, -0.1) is 0 Å². The highest BCUT2D eigenvalue weighted by Crippen LogP contribution is 2.27. The zero-order valence-electron chi connectivity index (χ0n) is 12.5. The van der Waals surface area contributed by atoms with Crippen LogP contribution in [0.1, 0.15) is 21.5 Å². The summed E-state index contributed by atoms with van der Waals surface area (Å²) >= 11 is 0. The second kappa shape index (κ2) is 5.32. The first-order valence-corrected chi connectivity index (χ1v) is 7.30. The number of benzene rings is 2. The summed E-state index contributed by atoms with van der Waals surface area (Å²) in [7, 11) is 0. The Morgan fingerprint density at radius 2 is 1.87 bits per heavy atom. The number of aryl methyl sites for hydroxylation is 1. The number of ether oxygens (including phenoxy) is 1. The van der Waals surface area contributed by atoms with Crippen molar-refractivity contribution in [2.45, 2.75) is 13.5 Å². The highest BCUT2D eigenvalue weighted by atomic mass is 16.5. The van der Waals surface area contributed by atoms with Crippen molar-refractivity contribution < 1.29 is 18.4 Å². The minimum absolute atomic E-state index is 0.370. The molecule has 0 aliphatic rings. The molecule has 0 amide bonds. The largest absolute Gasteiger partial charge is 0.488 e. The molecule has 0 fully saturated rings. The van der Waals surface area contributed by atoms with E-state index in [0.29, 0.717) is 23.5 Å². The topological polar surface area (TPSA) is 52.6 Å². The van der Waals surface area contributed by atoms with Gasteiger partial charge in [0.1, 0.15) is 23.5 Å². The fraction of sp³-hybridized carbons (Fsp3) is 0.105. The monoisotopic (exact) mass is 306 g/mol. The van der Waals surface area contributed by atoms with Gasteiger partial charge in [0.2, 0.25) is 0 Å². The zero-order valence-corrected chi connectivity index (χ0v) is 12.5. The van der Waals surface area contributed by atoms with Gasteiger partial charge in [-0.2, -0.15) is 0 Å². The van der Waals surface area contributed by atoms with E-state index in [0.717, 1.165) is 33.8 Å². The fourth-order valence-corrected chi connectivity index (χ4v) is 2.81. The van der Waals surface area contributed by atoms with Gasteiger partial charge in [0.05, 0.1) is 18.1 Å². The number of hydrogen-bond acceptors (Lipinski definition) is 4. The zero-order chi connectivity index (χ0) is 15.8. The number of fused-ring (bicyclic) bond motifs is 2. The van der Waals surface area contributed by atoms with Gasteiger partial charge in [0.25, 0.3) is 0 Å². The smallest absolute Gasteiger partial charge is 0.153 e. The number of carbonyl (C=O) groups is 1. The molecule has 114 valence electrons. The van der Waals surface area contributed by atoms with Crippen molar-refractivity contribution >= 4 is 28.2 Å². The van der Waals surface area contributed by atoms with E-state index in [9.17, 15) is 4.79 Å². The lowest BCUT2D eigenvalue weighted by Crippen LogP contribution is -1.99. The van der Waals surface area contributed by atoms with E-state index in [1.165, 1.54) is 0 Å². The molecule has 4 rings (SSSR count). The van der Waals surface area contributed by atoms with E-state index in [4.69, 9.17) is 13.6 Å². The first kappa shape index (κ1) is 13.6. The summed E-state index contributed by atoms with van der Waals surface area (Å²) in [5.41, 5.74) is 4.18. The van der Waals surface area contributed by atoms with Crippen molar-refractivity contribution in [3.05, 3.63) is 65.6 Å². The molecular weight excluding hydrogens is 292 g/mol. The van der Waals surface area contributed by atoms with Gasteiger partial charge in [-0.25, -0.2) is 0 Å². The predicted molar refractivity (Wildman–Crippen MR) is 86.9 cm³/mol. The second-order valence-corrected chi connectivity index (χ2v) is 5.51. The van der Waals surface area contributed by atoms with Gasteiger partial charge >= 0.3 is 0 Å². The van der Waals surface area contributed by atoms with Gasteiger partial charge in [0.15, 0.2) is 6.29 Å². The maximum atomic E-state index is 11.3. The second-order valence-electron chi connectivity index (χ2n) is 5.51. The van der Waals surface area contributed by atoms with Crippen molar-refractivity contribution in [1.82, 2.24) is 0 Å². The molecule has 0 spiro atoms. The summed E-state index contributed by atoms with van der Waals surface area (Å²) < 4.78 is 16.7. The van der Waals surface area contributed by atoms with E-state index in [1.54, 1.807) is 24.7 Å². The summed E-state index contributed by atoms with van der Waals surface area (Å²) in [5, 5.41) is 1.93.